The van der Waals surface area contributed by atoms with Crippen LogP contribution in [0.1, 0.15) is 25.0 Å². The van der Waals surface area contributed by atoms with Crippen molar-refractivity contribution < 1.29 is 4.21 Å². The molecule has 1 rings (SSSR count). The van der Waals surface area contributed by atoms with Crippen molar-refractivity contribution in [3.05, 3.63) is 35.4 Å². The molecular formula is C11H13NOS. The van der Waals surface area contributed by atoms with Crippen LogP contribution in [0.5, 0.6) is 0 Å². The lowest BCUT2D eigenvalue weighted by Gasteiger charge is -2.05. The molecule has 0 spiro atoms. The van der Waals surface area contributed by atoms with Gasteiger partial charge in [0.05, 0.1) is 11.6 Å². The lowest BCUT2D eigenvalue weighted by Crippen LogP contribution is -2.07. The molecule has 0 aliphatic heterocycles. The van der Waals surface area contributed by atoms with Crippen molar-refractivity contribution in [2.45, 2.75) is 24.9 Å². The van der Waals surface area contributed by atoms with Crippen molar-refractivity contribution in [3.63, 3.8) is 0 Å². The van der Waals surface area contributed by atoms with Crippen molar-refractivity contribution in [3.8, 4) is 6.07 Å². The van der Waals surface area contributed by atoms with E-state index in [1.165, 1.54) is 0 Å². The summed E-state index contributed by atoms with van der Waals surface area (Å²) in [6, 6.07) is 9.34. The number of hydrogen-bond donors (Lipinski definition) is 0. The minimum atomic E-state index is -0.842. The maximum absolute atomic E-state index is 11.5. The predicted molar refractivity (Wildman–Crippen MR) is 58.1 cm³/mol. The SMILES string of the molecule is CC(C)S(=O)Cc1cccc(C#N)c1. The van der Waals surface area contributed by atoms with E-state index in [1.807, 2.05) is 26.0 Å². The Morgan fingerprint density at radius 1 is 1.50 bits per heavy atom. The fourth-order valence-electron chi connectivity index (χ4n) is 1.06. The first kappa shape index (κ1) is 10.9. The molecule has 0 N–H and O–H groups in total. The third-order valence-corrected chi connectivity index (χ3v) is 3.56. The minimum absolute atomic E-state index is 0.167. The molecule has 1 aromatic rings. The number of benzene rings is 1. The average Bonchev–Trinajstić information content (AvgIpc) is 2.18. The van der Waals surface area contributed by atoms with E-state index in [0.717, 1.165) is 5.56 Å². The summed E-state index contributed by atoms with van der Waals surface area (Å²) in [6.45, 7) is 3.87. The van der Waals surface area contributed by atoms with Crippen LogP contribution < -0.4 is 0 Å². The molecule has 0 aromatic heterocycles. The fraction of sp³-hybridized carbons (Fsp3) is 0.364. The highest BCUT2D eigenvalue weighted by molar-refractivity contribution is 7.84. The summed E-state index contributed by atoms with van der Waals surface area (Å²) in [7, 11) is -0.842. The molecule has 1 aromatic carbocycles. The monoisotopic (exact) mass is 207 g/mol. The second-order valence-electron chi connectivity index (χ2n) is 3.39. The van der Waals surface area contributed by atoms with Crippen LogP contribution in [0.3, 0.4) is 0 Å². The highest BCUT2D eigenvalue weighted by Gasteiger charge is 2.06. The first-order valence-electron chi connectivity index (χ1n) is 4.49. The topological polar surface area (TPSA) is 40.9 Å². The Kier molecular flexibility index (Phi) is 3.84. The molecule has 1 unspecified atom stereocenters. The largest absolute Gasteiger partial charge is 0.259 e. The Balaban J connectivity index is 2.78. The summed E-state index contributed by atoms with van der Waals surface area (Å²) in [5, 5.41) is 8.85. The minimum Gasteiger partial charge on any atom is -0.259 e. The van der Waals surface area contributed by atoms with Gasteiger partial charge in [-0.15, -0.1) is 0 Å². The van der Waals surface area contributed by atoms with E-state index in [2.05, 4.69) is 6.07 Å². The Labute approximate surface area is 87.0 Å². The van der Waals surface area contributed by atoms with Gasteiger partial charge in [0.2, 0.25) is 0 Å². The van der Waals surface area contributed by atoms with Gasteiger partial charge < -0.3 is 0 Å². The van der Waals surface area contributed by atoms with Crippen LogP contribution in [0, 0.1) is 11.3 Å². The molecule has 74 valence electrons. The van der Waals surface area contributed by atoms with E-state index in [0.29, 0.717) is 11.3 Å². The molecule has 0 fully saturated rings. The van der Waals surface area contributed by atoms with E-state index >= 15 is 0 Å². The summed E-state index contributed by atoms with van der Waals surface area (Å²) < 4.78 is 11.5. The molecule has 2 nitrogen and oxygen atoms in total. The zero-order valence-corrected chi connectivity index (χ0v) is 9.17. The maximum Gasteiger partial charge on any atom is 0.0991 e. The van der Waals surface area contributed by atoms with Crippen molar-refractivity contribution in [2.75, 3.05) is 0 Å². The molecule has 0 amide bonds. The molecule has 1 atom stereocenters. The second kappa shape index (κ2) is 4.92. The van der Waals surface area contributed by atoms with Gasteiger partial charge >= 0.3 is 0 Å². The lowest BCUT2D eigenvalue weighted by atomic mass is 10.2. The Morgan fingerprint density at radius 3 is 2.79 bits per heavy atom. The van der Waals surface area contributed by atoms with Crippen molar-refractivity contribution >= 4 is 10.8 Å². The van der Waals surface area contributed by atoms with Gasteiger partial charge in [0.15, 0.2) is 0 Å². The van der Waals surface area contributed by atoms with Gasteiger partial charge in [0.1, 0.15) is 0 Å². The number of nitriles is 1. The summed E-state index contributed by atoms with van der Waals surface area (Å²) in [5.74, 6) is 0.535. The first-order valence-corrected chi connectivity index (χ1v) is 5.88. The number of hydrogen-bond acceptors (Lipinski definition) is 2. The van der Waals surface area contributed by atoms with Crippen LogP contribution in [-0.4, -0.2) is 9.46 Å². The predicted octanol–water partition coefficient (Wildman–Crippen LogP) is 2.22. The van der Waals surface area contributed by atoms with Gasteiger partial charge in [0.25, 0.3) is 0 Å². The number of rotatable bonds is 3. The normalized spacial score (nSPS) is 12.4. The summed E-state index contributed by atoms with van der Waals surface area (Å²) >= 11 is 0. The van der Waals surface area contributed by atoms with Crippen LogP contribution in [0.15, 0.2) is 24.3 Å². The Morgan fingerprint density at radius 2 is 2.21 bits per heavy atom. The molecular weight excluding hydrogens is 194 g/mol. The summed E-state index contributed by atoms with van der Waals surface area (Å²) in [5.41, 5.74) is 1.60. The van der Waals surface area contributed by atoms with Crippen molar-refractivity contribution in [1.82, 2.24) is 0 Å². The van der Waals surface area contributed by atoms with Gasteiger partial charge in [-0.25, -0.2) is 0 Å². The second-order valence-corrected chi connectivity index (χ2v) is 5.38. The molecule has 0 saturated heterocycles. The van der Waals surface area contributed by atoms with Gasteiger partial charge in [-0.1, -0.05) is 26.0 Å². The average molecular weight is 207 g/mol. The molecule has 0 saturated carbocycles. The van der Waals surface area contributed by atoms with E-state index in [9.17, 15) is 4.21 Å². The summed E-state index contributed by atoms with van der Waals surface area (Å²) in [4.78, 5) is 0. The molecule has 3 heteroatoms. The zero-order valence-electron chi connectivity index (χ0n) is 8.36. The standard InChI is InChI=1S/C11H13NOS/c1-9(2)14(13)8-11-5-3-4-10(6-11)7-12/h3-6,9H,8H2,1-2H3. The highest BCUT2D eigenvalue weighted by atomic mass is 32.2. The van der Waals surface area contributed by atoms with Crippen LogP contribution >= 0.6 is 0 Å². The van der Waals surface area contributed by atoms with Crippen LogP contribution in [0.25, 0.3) is 0 Å². The fourth-order valence-corrected chi connectivity index (χ4v) is 1.90. The third-order valence-electron chi connectivity index (χ3n) is 1.89. The smallest absolute Gasteiger partial charge is 0.0991 e. The lowest BCUT2D eigenvalue weighted by molar-refractivity contribution is 0.676. The quantitative estimate of drug-likeness (QED) is 0.762. The highest BCUT2D eigenvalue weighted by Crippen LogP contribution is 2.09. The molecule has 0 radical (unpaired) electrons. The maximum atomic E-state index is 11.5. The number of nitrogens with zero attached hydrogens (tertiary/aromatic N) is 1. The van der Waals surface area contributed by atoms with Crippen LogP contribution in [0.4, 0.5) is 0 Å². The molecule has 0 bridgehead atoms. The molecule has 0 aliphatic rings. The van der Waals surface area contributed by atoms with Crippen molar-refractivity contribution in [2.24, 2.45) is 0 Å². The van der Waals surface area contributed by atoms with Crippen LogP contribution in [0.2, 0.25) is 0 Å². The van der Waals surface area contributed by atoms with E-state index in [1.54, 1.807) is 12.1 Å². The molecule has 14 heavy (non-hydrogen) atoms. The summed E-state index contributed by atoms with van der Waals surface area (Å²) in [6.07, 6.45) is 0. The third kappa shape index (κ3) is 2.97. The molecule has 0 heterocycles. The van der Waals surface area contributed by atoms with Crippen LogP contribution in [-0.2, 0) is 16.6 Å². The van der Waals surface area contributed by atoms with Gasteiger partial charge in [-0.2, -0.15) is 5.26 Å². The van der Waals surface area contributed by atoms with Gasteiger partial charge in [-0.3, -0.25) is 4.21 Å². The van der Waals surface area contributed by atoms with E-state index in [-0.39, 0.29) is 5.25 Å². The van der Waals surface area contributed by atoms with Gasteiger partial charge in [0, 0.05) is 21.8 Å². The zero-order chi connectivity index (χ0) is 10.6. The van der Waals surface area contributed by atoms with E-state index < -0.39 is 10.8 Å². The molecule has 0 aliphatic carbocycles. The van der Waals surface area contributed by atoms with Crippen molar-refractivity contribution in [1.29, 1.82) is 5.26 Å². The van der Waals surface area contributed by atoms with Gasteiger partial charge in [-0.05, 0) is 17.7 Å². The van der Waals surface area contributed by atoms with E-state index in [4.69, 9.17) is 5.26 Å². The Bertz CT molecular complexity index is 379. The first-order chi connectivity index (χ1) is 6.63. The Hall–Kier alpha value is -1.14.